The number of nitrogens with zero attached hydrogens (tertiary/aromatic N) is 1. The van der Waals surface area contributed by atoms with Crippen LogP contribution >= 0.6 is 11.6 Å². The van der Waals surface area contributed by atoms with Crippen LogP contribution in [0.15, 0.2) is 24.3 Å². The zero-order valence-electron chi connectivity index (χ0n) is 14.8. The van der Waals surface area contributed by atoms with Crippen molar-refractivity contribution in [3.8, 4) is 0 Å². The lowest BCUT2D eigenvalue weighted by atomic mass is 9.99. The summed E-state index contributed by atoms with van der Waals surface area (Å²) in [6.07, 6.45) is 2.42. The van der Waals surface area contributed by atoms with Crippen LogP contribution in [0.25, 0.3) is 0 Å². The van der Waals surface area contributed by atoms with Crippen LogP contribution in [-0.2, 0) is 16.0 Å². The van der Waals surface area contributed by atoms with Gasteiger partial charge in [0.1, 0.15) is 5.60 Å². The molecule has 0 unspecified atom stereocenters. The van der Waals surface area contributed by atoms with Gasteiger partial charge in [0.05, 0.1) is 19.3 Å². The van der Waals surface area contributed by atoms with Crippen molar-refractivity contribution in [2.24, 2.45) is 0 Å². The standard InChI is InChI=1S/C19H29ClN2O2/c1-15(2)22-9-10-23-14-19(13-22)8-7-17(24-19)12-21-11-16-5-3-4-6-18(16)20/h3-6,15,17,21H,7-14H2,1-2H3/t17-,19-/m1/s1. The molecule has 0 amide bonds. The van der Waals surface area contributed by atoms with Crippen molar-refractivity contribution in [3.63, 3.8) is 0 Å². The second-order valence-corrected chi connectivity index (χ2v) is 7.71. The second-order valence-electron chi connectivity index (χ2n) is 7.30. The van der Waals surface area contributed by atoms with Crippen LogP contribution in [-0.4, -0.2) is 55.5 Å². The van der Waals surface area contributed by atoms with Crippen molar-refractivity contribution in [1.29, 1.82) is 0 Å². The molecule has 0 aromatic heterocycles. The van der Waals surface area contributed by atoms with Crippen LogP contribution in [0.5, 0.6) is 0 Å². The van der Waals surface area contributed by atoms with E-state index in [-0.39, 0.29) is 11.7 Å². The van der Waals surface area contributed by atoms with Gasteiger partial charge in [-0.3, -0.25) is 4.90 Å². The molecular weight excluding hydrogens is 324 g/mol. The van der Waals surface area contributed by atoms with E-state index in [1.807, 2.05) is 18.2 Å². The van der Waals surface area contributed by atoms with E-state index in [9.17, 15) is 0 Å². The fourth-order valence-corrected chi connectivity index (χ4v) is 3.85. The highest BCUT2D eigenvalue weighted by atomic mass is 35.5. The molecule has 1 spiro atoms. The van der Waals surface area contributed by atoms with Crippen LogP contribution in [0.1, 0.15) is 32.3 Å². The number of hydrogen-bond donors (Lipinski definition) is 1. The highest BCUT2D eigenvalue weighted by Crippen LogP contribution is 2.33. The highest BCUT2D eigenvalue weighted by molar-refractivity contribution is 6.31. The molecule has 0 bridgehead atoms. The summed E-state index contributed by atoms with van der Waals surface area (Å²) >= 11 is 6.21. The van der Waals surface area contributed by atoms with Gasteiger partial charge in [-0.25, -0.2) is 0 Å². The zero-order chi connectivity index (χ0) is 17.0. The Labute approximate surface area is 150 Å². The topological polar surface area (TPSA) is 33.7 Å². The number of rotatable bonds is 5. The van der Waals surface area contributed by atoms with Crippen LogP contribution in [0.4, 0.5) is 0 Å². The van der Waals surface area contributed by atoms with Gasteiger partial charge < -0.3 is 14.8 Å². The molecule has 0 radical (unpaired) electrons. The lowest BCUT2D eigenvalue weighted by Gasteiger charge is -2.34. The van der Waals surface area contributed by atoms with Gasteiger partial charge in [-0.15, -0.1) is 0 Å². The summed E-state index contributed by atoms with van der Waals surface area (Å²) in [7, 11) is 0. The number of benzene rings is 1. The maximum Gasteiger partial charge on any atom is 0.105 e. The van der Waals surface area contributed by atoms with Crippen molar-refractivity contribution in [3.05, 3.63) is 34.9 Å². The van der Waals surface area contributed by atoms with E-state index in [2.05, 4.69) is 30.1 Å². The van der Waals surface area contributed by atoms with Gasteiger partial charge in [0.25, 0.3) is 0 Å². The maximum atomic E-state index is 6.46. The van der Waals surface area contributed by atoms with Crippen molar-refractivity contribution in [2.45, 2.75) is 51.0 Å². The Morgan fingerprint density at radius 2 is 2.21 bits per heavy atom. The third-order valence-corrected chi connectivity index (χ3v) is 5.46. The Hall–Kier alpha value is -0.650. The molecule has 2 atom stereocenters. The predicted molar refractivity (Wildman–Crippen MR) is 97.5 cm³/mol. The van der Waals surface area contributed by atoms with E-state index in [1.165, 1.54) is 0 Å². The minimum Gasteiger partial charge on any atom is -0.377 e. The van der Waals surface area contributed by atoms with Gasteiger partial charge in [0.15, 0.2) is 0 Å². The molecule has 4 nitrogen and oxygen atoms in total. The largest absolute Gasteiger partial charge is 0.377 e. The molecule has 2 heterocycles. The minimum atomic E-state index is -0.127. The van der Waals surface area contributed by atoms with Crippen LogP contribution in [0.2, 0.25) is 5.02 Å². The van der Waals surface area contributed by atoms with Gasteiger partial charge in [0, 0.05) is 37.2 Å². The summed E-state index contributed by atoms with van der Waals surface area (Å²) in [5.41, 5.74) is 1.01. The summed E-state index contributed by atoms with van der Waals surface area (Å²) < 4.78 is 12.3. The van der Waals surface area contributed by atoms with Gasteiger partial charge >= 0.3 is 0 Å². The SMILES string of the molecule is CC(C)N1CCOC[C@@]2(CC[C@H](CNCc3ccccc3Cl)O2)C1. The number of hydrogen-bond acceptors (Lipinski definition) is 4. The number of halogens is 1. The molecule has 2 aliphatic rings. The summed E-state index contributed by atoms with van der Waals surface area (Å²) in [6, 6.07) is 8.51. The van der Waals surface area contributed by atoms with Crippen molar-refractivity contribution < 1.29 is 9.47 Å². The van der Waals surface area contributed by atoms with E-state index >= 15 is 0 Å². The Bertz CT molecular complexity index is 540. The summed E-state index contributed by atoms with van der Waals surface area (Å²) in [5, 5.41) is 4.31. The molecule has 1 aromatic carbocycles. The highest BCUT2D eigenvalue weighted by Gasteiger charge is 2.43. The first-order chi connectivity index (χ1) is 11.6. The first kappa shape index (κ1) is 18.2. The monoisotopic (exact) mass is 352 g/mol. The Morgan fingerprint density at radius 3 is 3.00 bits per heavy atom. The molecule has 0 aliphatic carbocycles. The minimum absolute atomic E-state index is 0.127. The zero-order valence-corrected chi connectivity index (χ0v) is 15.5. The van der Waals surface area contributed by atoms with Gasteiger partial charge in [-0.05, 0) is 38.3 Å². The molecule has 0 saturated carbocycles. The molecule has 5 heteroatoms. The smallest absolute Gasteiger partial charge is 0.105 e. The summed E-state index contributed by atoms with van der Waals surface area (Å²) in [6.45, 7) is 9.63. The third kappa shape index (κ3) is 4.50. The van der Waals surface area contributed by atoms with Crippen molar-refractivity contribution in [1.82, 2.24) is 10.2 Å². The Morgan fingerprint density at radius 1 is 1.38 bits per heavy atom. The first-order valence-electron chi connectivity index (χ1n) is 9.02. The van der Waals surface area contributed by atoms with Crippen LogP contribution < -0.4 is 5.32 Å². The quantitative estimate of drug-likeness (QED) is 0.883. The molecular formula is C19H29ClN2O2. The van der Waals surface area contributed by atoms with Gasteiger partial charge in [-0.1, -0.05) is 29.8 Å². The number of nitrogens with one attached hydrogen (secondary N) is 1. The molecule has 3 rings (SSSR count). The van der Waals surface area contributed by atoms with Crippen LogP contribution in [0.3, 0.4) is 0 Å². The normalized spacial score (nSPS) is 28.6. The second kappa shape index (κ2) is 8.15. The van der Waals surface area contributed by atoms with E-state index in [0.29, 0.717) is 6.04 Å². The fraction of sp³-hybridized carbons (Fsp3) is 0.684. The Balaban J connectivity index is 1.50. The molecule has 2 aliphatic heterocycles. The molecule has 134 valence electrons. The lowest BCUT2D eigenvalue weighted by molar-refractivity contribution is -0.0866. The first-order valence-corrected chi connectivity index (χ1v) is 9.39. The lowest BCUT2D eigenvalue weighted by Crippen LogP contribution is -2.47. The van der Waals surface area contributed by atoms with Gasteiger partial charge in [0.2, 0.25) is 0 Å². The van der Waals surface area contributed by atoms with E-state index < -0.39 is 0 Å². The average molecular weight is 353 g/mol. The summed E-state index contributed by atoms with van der Waals surface area (Å²) in [5.74, 6) is 0. The predicted octanol–water partition coefficient (Wildman–Crippen LogP) is 3.09. The number of ether oxygens (including phenoxy) is 2. The summed E-state index contributed by atoms with van der Waals surface area (Å²) in [4.78, 5) is 2.48. The van der Waals surface area contributed by atoms with Gasteiger partial charge in [-0.2, -0.15) is 0 Å². The fourth-order valence-electron chi connectivity index (χ4n) is 3.65. The molecule has 2 saturated heterocycles. The van der Waals surface area contributed by atoms with Crippen molar-refractivity contribution in [2.75, 3.05) is 32.8 Å². The van der Waals surface area contributed by atoms with E-state index in [4.69, 9.17) is 21.1 Å². The molecule has 24 heavy (non-hydrogen) atoms. The van der Waals surface area contributed by atoms with E-state index in [1.54, 1.807) is 0 Å². The maximum absolute atomic E-state index is 6.46. The third-order valence-electron chi connectivity index (χ3n) is 5.09. The molecule has 1 N–H and O–H groups in total. The molecule has 1 aromatic rings. The average Bonchev–Trinajstić information content (AvgIpc) is 2.82. The van der Waals surface area contributed by atoms with E-state index in [0.717, 1.165) is 62.8 Å². The molecule has 2 fully saturated rings. The van der Waals surface area contributed by atoms with Crippen LogP contribution in [0, 0.1) is 0 Å². The Kier molecular flexibility index (Phi) is 6.17. The van der Waals surface area contributed by atoms with Crippen molar-refractivity contribution >= 4 is 11.6 Å².